The smallest absolute Gasteiger partial charge is 0.148 e. The Labute approximate surface area is 61.9 Å². The molecule has 1 saturated carbocycles. The summed E-state index contributed by atoms with van der Waals surface area (Å²) >= 11 is 0. The predicted molar refractivity (Wildman–Crippen MR) is 39.1 cm³/mol. The highest BCUT2D eigenvalue weighted by atomic mass is 16.5. The van der Waals surface area contributed by atoms with E-state index in [0.29, 0.717) is 6.10 Å². The van der Waals surface area contributed by atoms with Crippen LogP contribution in [0.15, 0.2) is 0 Å². The van der Waals surface area contributed by atoms with E-state index >= 15 is 0 Å². The molecule has 1 aliphatic heterocycles. The molecule has 0 unspecified atom stereocenters. The maximum Gasteiger partial charge on any atom is 0.148 e. The largest absolute Gasteiger partial charge is 0.356 e. The maximum absolute atomic E-state index is 5.45. The Kier molecular flexibility index (Phi) is 1.91. The SMILES string of the molecule is [CH]1NC[C@H]2CCCC[C@H]2O1. The number of rotatable bonds is 0. The van der Waals surface area contributed by atoms with Crippen LogP contribution in [0.25, 0.3) is 0 Å². The van der Waals surface area contributed by atoms with Crippen molar-refractivity contribution in [2.45, 2.75) is 31.8 Å². The molecule has 57 valence electrons. The van der Waals surface area contributed by atoms with E-state index in [0.717, 1.165) is 12.5 Å². The molecule has 1 radical (unpaired) electrons. The average molecular weight is 140 g/mol. The van der Waals surface area contributed by atoms with Crippen molar-refractivity contribution in [3.8, 4) is 0 Å². The third kappa shape index (κ3) is 1.18. The molecule has 2 atom stereocenters. The van der Waals surface area contributed by atoms with Gasteiger partial charge in [-0.3, -0.25) is 5.32 Å². The highest BCUT2D eigenvalue weighted by molar-refractivity contribution is 4.82. The van der Waals surface area contributed by atoms with Crippen LogP contribution >= 0.6 is 0 Å². The minimum Gasteiger partial charge on any atom is -0.356 e. The third-order valence-corrected chi connectivity index (χ3v) is 2.55. The Morgan fingerprint density at radius 2 is 2.20 bits per heavy atom. The highest BCUT2D eigenvalue weighted by Crippen LogP contribution is 2.28. The summed E-state index contributed by atoms with van der Waals surface area (Å²) in [6, 6.07) is 0. The van der Waals surface area contributed by atoms with Crippen molar-refractivity contribution in [2.75, 3.05) is 6.54 Å². The summed E-state index contributed by atoms with van der Waals surface area (Å²) in [5.74, 6) is 0.791. The van der Waals surface area contributed by atoms with Crippen molar-refractivity contribution >= 4 is 0 Å². The lowest BCUT2D eigenvalue weighted by molar-refractivity contribution is -0.0115. The van der Waals surface area contributed by atoms with Crippen molar-refractivity contribution in [2.24, 2.45) is 5.92 Å². The lowest BCUT2D eigenvalue weighted by atomic mass is 9.86. The zero-order valence-corrected chi connectivity index (χ0v) is 6.18. The van der Waals surface area contributed by atoms with Crippen LogP contribution in [0.5, 0.6) is 0 Å². The molecule has 2 fully saturated rings. The number of fused-ring (bicyclic) bond motifs is 1. The van der Waals surface area contributed by atoms with Gasteiger partial charge in [0.2, 0.25) is 0 Å². The van der Waals surface area contributed by atoms with Gasteiger partial charge in [-0.1, -0.05) is 12.8 Å². The van der Waals surface area contributed by atoms with Gasteiger partial charge in [0.25, 0.3) is 0 Å². The summed E-state index contributed by atoms with van der Waals surface area (Å²) in [4.78, 5) is 0. The molecular weight excluding hydrogens is 126 g/mol. The Bertz CT molecular complexity index is 89.8. The van der Waals surface area contributed by atoms with E-state index in [9.17, 15) is 0 Å². The van der Waals surface area contributed by atoms with Crippen molar-refractivity contribution in [3.05, 3.63) is 6.73 Å². The summed E-state index contributed by atoms with van der Waals surface area (Å²) < 4.78 is 5.45. The quantitative estimate of drug-likeness (QED) is 0.547. The molecule has 1 aliphatic carbocycles. The van der Waals surface area contributed by atoms with E-state index < -0.39 is 0 Å². The molecule has 2 rings (SSSR count). The molecule has 0 aromatic heterocycles. The molecule has 0 aromatic carbocycles. The summed E-state index contributed by atoms with van der Waals surface area (Å²) in [6.45, 7) is 2.89. The van der Waals surface area contributed by atoms with E-state index in [-0.39, 0.29) is 0 Å². The summed E-state index contributed by atoms with van der Waals surface area (Å²) in [6.07, 6.45) is 5.91. The van der Waals surface area contributed by atoms with Gasteiger partial charge in [-0.25, -0.2) is 0 Å². The number of hydrogen-bond donors (Lipinski definition) is 1. The van der Waals surface area contributed by atoms with Crippen LogP contribution in [0.4, 0.5) is 0 Å². The Morgan fingerprint density at radius 1 is 1.30 bits per heavy atom. The van der Waals surface area contributed by atoms with Gasteiger partial charge in [-0.2, -0.15) is 0 Å². The predicted octanol–water partition coefficient (Wildman–Crippen LogP) is 1.28. The second kappa shape index (κ2) is 2.89. The van der Waals surface area contributed by atoms with Crippen molar-refractivity contribution in [1.82, 2.24) is 5.32 Å². The summed E-state index contributed by atoms with van der Waals surface area (Å²) in [5.41, 5.74) is 0. The standard InChI is InChI=1S/C8H14NO/c1-2-4-8-7(3-1)5-9-6-10-8/h6-9H,1-5H2/t7-,8-/m1/s1. The fourth-order valence-electron chi connectivity index (χ4n) is 1.92. The molecule has 1 saturated heterocycles. The maximum atomic E-state index is 5.45. The van der Waals surface area contributed by atoms with E-state index in [1.54, 1.807) is 6.73 Å². The zero-order valence-electron chi connectivity index (χ0n) is 6.18. The second-order valence-corrected chi connectivity index (χ2v) is 3.25. The molecule has 0 bridgehead atoms. The van der Waals surface area contributed by atoms with Crippen LogP contribution in [0.1, 0.15) is 25.7 Å². The van der Waals surface area contributed by atoms with E-state index in [1.807, 2.05) is 0 Å². The van der Waals surface area contributed by atoms with Crippen LogP contribution in [0.2, 0.25) is 0 Å². The van der Waals surface area contributed by atoms with Gasteiger partial charge in [0.15, 0.2) is 0 Å². The van der Waals surface area contributed by atoms with Crippen LogP contribution in [0, 0.1) is 12.6 Å². The van der Waals surface area contributed by atoms with Crippen LogP contribution in [0.3, 0.4) is 0 Å². The second-order valence-electron chi connectivity index (χ2n) is 3.25. The minimum atomic E-state index is 0.537. The van der Waals surface area contributed by atoms with Crippen molar-refractivity contribution in [3.63, 3.8) is 0 Å². The highest BCUT2D eigenvalue weighted by Gasteiger charge is 2.28. The molecule has 1 heterocycles. The average Bonchev–Trinajstić information content (AvgIpc) is 2.05. The van der Waals surface area contributed by atoms with E-state index in [2.05, 4.69) is 5.32 Å². The molecule has 0 aromatic rings. The molecule has 0 spiro atoms. The zero-order chi connectivity index (χ0) is 6.81. The van der Waals surface area contributed by atoms with Crippen LogP contribution in [-0.2, 0) is 4.74 Å². The van der Waals surface area contributed by atoms with Gasteiger partial charge >= 0.3 is 0 Å². The molecule has 1 N–H and O–H groups in total. The molecular formula is C8H14NO. The monoisotopic (exact) mass is 140 g/mol. The lowest BCUT2D eigenvalue weighted by Crippen LogP contribution is -2.40. The van der Waals surface area contributed by atoms with Gasteiger partial charge < -0.3 is 4.74 Å². The fourth-order valence-corrected chi connectivity index (χ4v) is 1.92. The summed E-state index contributed by atoms with van der Waals surface area (Å²) in [7, 11) is 0. The summed E-state index contributed by atoms with van der Waals surface area (Å²) in [5, 5.41) is 3.14. The first-order valence-electron chi connectivity index (χ1n) is 4.17. The first-order chi connectivity index (χ1) is 4.97. The fraction of sp³-hybridized carbons (Fsp3) is 0.875. The topological polar surface area (TPSA) is 21.3 Å². The molecule has 10 heavy (non-hydrogen) atoms. The van der Waals surface area contributed by atoms with E-state index in [4.69, 9.17) is 4.74 Å². The van der Waals surface area contributed by atoms with Crippen LogP contribution < -0.4 is 5.32 Å². The molecule has 2 heteroatoms. The van der Waals surface area contributed by atoms with Crippen LogP contribution in [-0.4, -0.2) is 12.6 Å². The number of ether oxygens (including phenoxy) is 1. The van der Waals surface area contributed by atoms with Crippen molar-refractivity contribution in [1.29, 1.82) is 0 Å². The van der Waals surface area contributed by atoms with Crippen molar-refractivity contribution < 1.29 is 4.74 Å². The molecule has 2 aliphatic rings. The molecule has 0 amide bonds. The van der Waals surface area contributed by atoms with Gasteiger partial charge in [0.05, 0.1) is 6.10 Å². The third-order valence-electron chi connectivity index (χ3n) is 2.55. The number of nitrogens with one attached hydrogen (secondary N) is 1. The number of hydrogen-bond acceptors (Lipinski definition) is 2. The van der Waals surface area contributed by atoms with Gasteiger partial charge in [-0.05, 0) is 18.8 Å². The Morgan fingerprint density at radius 3 is 3.10 bits per heavy atom. The Hall–Kier alpha value is -0.0800. The van der Waals surface area contributed by atoms with Gasteiger partial charge in [0, 0.05) is 6.54 Å². The Balaban J connectivity index is 1.93. The van der Waals surface area contributed by atoms with Gasteiger partial charge in [-0.15, -0.1) is 0 Å². The lowest BCUT2D eigenvalue weighted by Gasteiger charge is -2.35. The van der Waals surface area contributed by atoms with Gasteiger partial charge in [0.1, 0.15) is 6.73 Å². The van der Waals surface area contributed by atoms with E-state index in [1.165, 1.54) is 25.7 Å². The minimum absolute atomic E-state index is 0.537. The first-order valence-corrected chi connectivity index (χ1v) is 4.17. The normalized spacial score (nSPS) is 40.8. The molecule has 2 nitrogen and oxygen atoms in total. The first kappa shape index (κ1) is 6.62.